The molecule has 0 saturated heterocycles. The fraction of sp³-hybridized carbons (Fsp3) is 0.143. The molecule has 0 atom stereocenters. The van der Waals surface area contributed by atoms with Gasteiger partial charge in [-0.15, -0.1) is 0 Å². The Bertz CT molecular complexity index is 1700. The van der Waals surface area contributed by atoms with Gasteiger partial charge in [-0.05, 0) is 42.0 Å². The molecule has 8 nitrogen and oxygen atoms in total. The van der Waals surface area contributed by atoms with Gasteiger partial charge in [0.15, 0.2) is 5.43 Å². The van der Waals surface area contributed by atoms with E-state index in [1.165, 1.54) is 30.5 Å². The molecule has 5 aromatic rings. The topological polar surface area (TPSA) is 109 Å². The van der Waals surface area contributed by atoms with Gasteiger partial charge in [0.25, 0.3) is 5.69 Å². The first-order valence-electron chi connectivity index (χ1n) is 11.6. The van der Waals surface area contributed by atoms with Gasteiger partial charge in [-0.3, -0.25) is 14.9 Å². The van der Waals surface area contributed by atoms with E-state index in [1.54, 1.807) is 36.4 Å². The van der Waals surface area contributed by atoms with Crippen LogP contribution in [0.5, 0.6) is 5.75 Å². The minimum Gasteiger partial charge on any atom is -0.489 e. The molecule has 5 rings (SSSR count). The van der Waals surface area contributed by atoms with Crippen molar-refractivity contribution in [1.29, 1.82) is 0 Å². The SMILES string of the molecule is CC(C)c1onc(-c2c(Cl)cccc2Cl)c1COc1ccc2c(=O)c(-c3ccc([N+](=O)[O-])cc3)coc2c1. The molecule has 10 heteroatoms. The van der Waals surface area contributed by atoms with Crippen LogP contribution in [0.25, 0.3) is 33.4 Å². The maximum Gasteiger partial charge on any atom is 0.269 e. The lowest BCUT2D eigenvalue weighted by Gasteiger charge is -2.11. The predicted octanol–water partition coefficient (Wildman–Crippen LogP) is 8.03. The molecule has 38 heavy (non-hydrogen) atoms. The van der Waals surface area contributed by atoms with Gasteiger partial charge in [0.05, 0.1) is 31.5 Å². The van der Waals surface area contributed by atoms with Crippen LogP contribution in [0.1, 0.15) is 31.1 Å². The summed E-state index contributed by atoms with van der Waals surface area (Å²) in [5.74, 6) is 1.15. The van der Waals surface area contributed by atoms with Gasteiger partial charge in [0, 0.05) is 29.7 Å². The fourth-order valence-electron chi connectivity index (χ4n) is 4.15. The van der Waals surface area contributed by atoms with Gasteiger partial charge in [-0.25, -0.2) is 0 Å². The lowest BCUT2D eigenvalue weighted by Crippen LogP contribution is -2.05. The Morgan fingerprint density at radius 2 is 1.76 bits per heavy atom. The summed E-state index contributed by atoms with van der Waals surface area (Å²) in [6.07, 6.45) is 1.34. The zero-order chi connectivity index (χ0) is 27.0. The van der Waals surface area contributed by atoms with E-state index in [9.17, 15) is 14.9 Å². The zero-order valence-electron chi connectivity index (χ0n) is 20.2. The van der Waals surface area contributed by atoms with Crippen molar-refractivity contribution in [3.05, 3.63) is 109 Å². The summed E-state index contributed by atoms with van der Waals surface area (Å²) < 4.78 is 17.4. The number of halogens is 2. The maximum absolute atomic E-state index is 13.1. The number of nitro groups is 1. The second kappa shape index (κ2) is 10.3. The Morgan fingerprint density at radius 1 is 1.05 bits per heavy atom. The molecule has 2 aromatic heterocycles. The van der Waals surface area contributed by atoms with Crippen molar-refractivity contribution < 1.29 is 18.6 Å². The summed E-state index contributed by atoms with van der Waals surface area (Å²) in [7, 11) is 0. The summed E-state index contributed by atoms with van der Waals surface area (Å²) in [4.78, 5) is 23.5. The van der Waals surface area contributed by atoms with E-state index in [0.29, 0.717) is 60.5 Å². The Morgan fingerprint density at radius 3 is 2.42 bits per heavy atom. The molecule has 2 heterocycles. The molecule has 0 radical (unpaired) electrons. The van der Waals surface area contributed by atoms with Crippen LogP contribution < -0.4 is 10.2 Å². The molecule has 0 aliphatic heterocycles. The van der Waals surface area contributed by atoms with Crippen LogP contribution in [0, 0.1) is 10.1 Å². The number of benzene rings is 3. The monoisotopic (exact) mass is 550 g/mol. The molecule has 0 fully saturated rings. The Labute approximate surface area is 226 Å². The van der Waals surface area contributed by atoms with E-state index in [-0.39, 0.29) is 23.6 Å². The molecule has 0 aliphatic carbocycles. The molecule has 0 amide bonds. The highest BCUT2D eigenvalue weighted by Crippen LogP contribution is 2.39. The number of nitrogens with zero attached hydrogens (tertiary/aromatic N) is 2. The third kappa shape index (κ3) is 4.76. The van der Waals surface area contributed by atoms with Gasteiger partial charge in [-0.2, -0.15) is 0 Å². The second-order valence-corrected chi connectivity index (χ2v) is 9.67. The standard InChI is InChI=1S/C28H20Cl2N2O6/c1-15(2)28-21(26(31-38-28)25-22(29)4-3-5-23(25)30)14-36-18-10-11-19-24(12-18)37-13-20(27(19)33)16-6-8-17(9-7-16)32(34)35/h3-13,15H,14H2,1-2H3. The summed E-state index contributed by atoms with van der Waals surface area (Å²) in [5.41, 5.74) is 2.61. The first kappa shape index (κ1) is 25.5. The van der Waals surface area contributed by atoms with E-state index in [2.05, 4.69) is 5.16 Å². The predicted molar refractivity (Wildman–Crippen MR) is 145 cm³/mol. The summed E-state index contributed by atoms with van der Waals surface area (Å²) in [6.45, 7) is 4.08. The molecule has 0 N–H and O–H groups in total. The van der Waals surface area contributed by atoms with Crippen molar-refractivity contribution in [1.82, 2.24) is 5.16 Å². The van der Waals surface area contributed by atoms with Gasteiger partial charge >= 0.3 is 0 Å². The van der Waals surface area contributed by atoms with E-state index < -0.39 is 4.92 Å². The number of hydrogen-bond acceptors (Lipinski definition) is 7. The van der Waals surface area contributed by atoms with Gasteiger partial charge in [-0.1, -0.05) is 48.3 Å². The molecule has 0 unspecified atom stereocenters. The van der Waals surface area contributed by atoms with E-state index in [4.69, 9.17) is 36.9 Å². The highest BCUT2D eigenvalue weighted by Gasteiger charge is 2.24. The van der Waals surface area contributed by atoms with Crippen LogP contribution in [0.15, 0.2) is 80.7 Å². The molecule has 3 aromatic carbocycles. The Kier molecular flexibility index (Phi) is 6.93. The molecule has 0 aliphatic rings. The van der Waals surface area contributed by atoms with Crippen LogP contribution in [0.4, 0.5) is 5.69 Å². The van der Waals surface area contributed by atoms with Crippen molar-refractivity contribution in [2.24, 2.45) is 0 Å². The minimum atomic E-state index is -0.496. The molecule has 192 valence electrons. The number of ether oxygens (including phenoxy) is 1. The van der Waals surface area contributed by atoms with E-state index >= 15 is 0 Å². The van der Waals surface area contributed by atoms with Crippen LogP contribution in [-0.2, 0) is 6.61 Å². The average Bonchev–Trinajstić information content (AvgIpc) is 3.31. The number of hydrogen-bond donors (Lipinski definition) is 0. The van der Waals surface area contributed by atoms with Crippen molar-refractivity contribution in [3.8, 4) is 28.1 Å². The second-order valence-electron chi connectivity index (χ2n) is 8.85. The normalized spacial score (nSPS) is 11.3. The Balaban J connectivity index is 1.45. The number of nitro benzene ring substituents is 1. The maximum atomic E-state index is 13.1. The van der Waals surface area contributed by atoms with Crippen molar-refractivity contribution >= 4 is 39.9 Å². The molecular weight excluding hydrogens is 531 g/mol. The van der Waals surface area contributed by atoms with Gasteiger partial charge < -0.3 is 13.7 Å². The molecule has 0 bridgehead atoms. The molecule has 0 saturated carbocycles. The van der Waals surface area contributed by atoms with Gasteiger partial charge in [0.2, 0.25) is 0 Å². The lowest BCUT2D eigenvalue weighted by molar-refractivity contribution is -0.384. The summed E-state index contributed by atoms with van der Waals surface area (Å²) in [6, 6.07) is 15.8. The van der Waals surface area contributed by atoms with Crippen LogP contribution in [0.3, 0.4) is 0 Å². The summed E-state index contributed by atoms with van der Waals surface area (Å²) >= 11 is 12.8. The highest BCUT2D eigenvalue weighted by molar-refractivity contribution is 6.39. The van der Waals surface area contributed by atoms with Crippen molar-refractivity contribution in [3.63, 3.8) is 0 Å². The van der Waals surface area contributed by atoms with Crippen LogP contribution in [-0.4, -0.2) is 10.1 Å². The molecular formula is C28H20Cl2N2O6. The third-order valence-electron chi connectivity index (χ3n) is 6.06. The quantitative estimate of drug-likeness (QED) is 0.149. The van der Waals surface area contributed by atoms with Crippen molar-refractivity contribution in [2.75, 3.05) is 0 Å². The minimum absolute atomic E-state index is 0.0311. The van der Waals surface area contributed by atoms with Gasteiger partial charge in [0.1, 0.15) is 35.7 Å². The first-order valence-corrected chi connectivity index (χ1v) is 12.4. The lowest BCUT2D eigenvalue weighted by atomic mass is 10.0. The number of rotatable bonds is 7. The largest absolute Gasteiger partial charge is 0.489 e. The Hall–Kier alpha value is -4.14. The van der Waals surface area contributed by atoms with E-state index in [0.717, 1.165) is 0 Å². The summed E-state index contributed by atoms with van der Waals surface area (Å²) in [5, 5.41) is 16.4. The average molecular weight is 551 g/mol. The van der Waals surface area contributed by atoms with Crippen LogP contribution in [0.2, 0.25) is 10.0 Å². The van der Waals surface area contributed by atoms with E-state index in [1.807, 2.05) is 13.8 Å². The number of fused-ring (bicyclic) bond motifs is 1. The number of aromatic nitrogens is 1. The van der Waals surface area contributed by atoms with Crippen molar-refractivity contribution in [2.45, 2.75) is 26.4 Å². The third-order valence-corrected chi connectivity index (χ3v) is 6.69. The first-order chi connectivity index (χ1) is 18.2. The smallest absolute Gasteiger partial charge is 0.269 e. The number of non-ortho nitro benzene ring substituents is 1. The molecule has 0 spiro atoms. The fourth-order valence-corrected chi connectivity index (χ4v) is 4.73. The zero-order valence-corrected chi connectivity index (χ0v) is 21.7. The van der Waals surface area contributed by atoms with Crippen LogP contribution >= 0.6 is 23.2 Å². The highest BCUT2D eigenvalue weighted by atomic mass is 35.5.